The molecule has 0 saturated carbocycles. The van der Waals surface area contributed by atoms with E-state index < -0.39 is 11.7 Å². The van der Waals surface area contributed by atoms with E-state index in [4.69, 9.17) is 9.47 Å². The van der Waals surface area contributed by atoms with E-state index in [2.05, 4.69) is 24.9 Å². The van der Waals surface area contributed by atoms with Crippen LogP contribution in [0.1, 0.15) is 5.56 Å². The van der Waals surface area contributed by atoms with Crippen LogP contribution < -0.4 is 9.47 Å². The summed E-state index contributed by atoms with van der Waals surface area (Å²) in [6.45, 7) is 0. The Balaban J connectivity index is 1.92. The zero-order valence-corrected chi connectivity index (χ0v) is 11.0. The van der Waals surface area contributed by atoms with Crippen molar-refractivity contribution < 1.29 is 27.3 Å². The first-order chi connectivity index (χ1) is 10.5. The third-order valence-electron chi connectivity index (χ3n) is 2.64. The maximum Gasteiger partial charge on any atom is 0.416 e. The highest BCUT2D eigenvalue weighted by Gasteiger charge is 2.30. The summed E-state index contributed by atoms with van der Waals surface area (Å²) in [5.41, 5.74) is -0.576. The summed E-state index contributed by atoms with van der Waals surface area (Å²) in [5, 5.41) is 6.99. The van der Waals surface area contributed by atoms with Crippen LogP contribution in [-0.2, 0) is 6.18 Å². The predicted molar refractivity (Wildman–Crippen MR) is 65.5 cm³/mol. The van der Waals surface area contributed by atoms with Gasteiger partial charge in [0.15, 0.2) is 0 Å². The Hall–Kier alpha value is -2.91. The second-order valence-corrected chi connectivity index (χ2v) is 4.07. The number of alkyl halides is 3. The highest BCUT2D eigenvalue weighted by Crippen LogP contribution is 2.33. The summed E-state index contributed by atoms with van der Waals surface area (Å²) < 4.78 is 52.3. The number of halogens is 3. The van der Waals surface area contributed by atoms with E-state index in [0.29, 0.717) is 0 Å². The molecule has 0 bridgehead atoms. The van der Waals surface area contributed by atoms with Crippen LogP contribution in [-0.4, -0.2) is 27.4 Å². The quantitative estimate of drug-likeness (QED) is 0.735. The van der Waals surface area contributed by atoms with E-state index in [1.807, 2.05) is 0 Å². The molecule has 0 saturated heterocycles. The van der Waals surface area contributed by atoms with Crippen LogP contribution in [0.2, 0.25) is 0 Å². The lowest BCUT2D eigenvalue weighted by Gasteiger charge is -2.09. The monoisotopic (exact) mass is 312 g/mol. The zero-order valence-electron chi connectivity index (χ0n) is 11.0. The highest BCUT2D eigenvalue weighted by molar-refractivity contribution is 5.65. The number of rotatable bonds is 3. The Morgan fingerprint density at radius 2 is 1.55 bits per heavy atom. The topological polar surface area (TPSA) is 83.2 Å². The number of methoxy groups -OCH3 is 1. The largest absolute Gasteiger partial charge is 0.477 e. The van der Waals surface area contributed by atoms with Gasteiger partial charge in [-0.15, -0.1) is 0 Å². The van der Waals surface area contributed by atoms with Crippen molar-refractivity contribution >= 4 is 11.3 Å². The molecular weight excluding hydrogens is 305 g/mol. The molecule has 0 spiro atoms. The van der Waals surface area contributed by atoms with Crippen LogP contribution in [0.3, 0.4) is 0 Å². The number of ether oxygens (including phenoxy) is 2. The molecule has 1 aromatic carbocycles. The first-order valence-corrected chi connectivity index (χ1v) is 5.87. The molecule has 0 amide bonds. The molecule has 10 heteroatoms. The van der Waals surface area contributed by atoms with Gasteiger partial charge in [0.25, 0.3) is 11.8 Å². The summed E-state index contributed by atoms with van der Waals surface area (Å²) >= 11 is 0. The van der Waals surface area contributed by atoms with Gasteiger partial charge in [-0.1, -0.05) is 0 Å². The van der Waals surface area contributed by atoms with Gasteiger partial charge in [0.1, 0.15) is 5.75 Å². The first-order valence-electron chi connectivity index (χ1n) is 5.87. The average molecular weight is 312 g/mol. The number of hydrogen-bond acceptors (Lipinski definition) is 7. The average Bonchev–Trinajstić information content (AvgIpc) is 2.93. The van der Waals surface area contributed by atoms with Crippen molar-refractivity contribution in [3.05, 3.63) is 29.8 Å². The Morgan fingerprint density at radius 1 is 0.955 bits per heavy atom. The van der Waals surface area contributed by atoms with Crippen molar-refractivity contribution in [2.24, 2.45) is 0 Å². The molecule has 3 aromatic rings. The Morgan fingerprint density at radius 3 is 2.09 bits per heavy atom. The smallest absolute Gasteiger partial charge is 0.416 e. The maximum atomic E-state index is 12.5. The summed E-state index contributed by atoms with van der Waals surface area (Å²) in [6.07, 6.45) is -4.42. The minimum Gasteiger partial charge on any atom is -0.477 e. The fourth-order valence-electron chi connectivity index (χ4n) is 1.63. The van der Waals surface area contributed by atoms with Gasteiger partial charge in [-0.25, -0.2) is 4.63 Å². The maximum absolute atomic E-state index is 12.5. The third kappa shape index (κ3) is 2.62. The van der Waals surface area contributed by atoms with E-state index in [0.717, 1.165) is 24.3 Å². The van der Waals surface area contributed by atoms with Gasteiger partial charge in [0.05, 0.1) is 12.7 Å². The van der Waals surface area contributed by atoms with Crippen LogP contribution >= 0.6 is 0 Å². The molecule has 0 atom stereocenters. The molecule has 22 heavy (non-hydrogen) atoms. The minimum atomic E-state index is -4.42. The molecule has 0 radical (unpaired) electrons. The van der Waals surface area contributed by atoms with E-state index in [-0.39, 0.29) is 28.8 Å². The normalized spacial score (nSPS) is 11.6. The van der Waals surface area contributed by atoms with Gasteiger partial charge in [-0.3, -0.25) is 0 Å². The molecule has 0 fully saturated rings. The number of aromatic nitrogens is 4. The zero-order chi connectivity index (χ0) is 15.7. The van der Waals surface area contributed by atoms with Crippen molar-refractivity contribution in [2.75, 3.05) is 7.11 Å². The SMILES string of the molecule is COc1nc2nonc2nc1Oc1ccc(C(F)(F)F)cc1. The summed E-state index contributed by atoms with van der Waals surface area (Å²) in [5.74, 6) is 0.0740. The number of benzene rings is 1. The molecule has 7 nitrogen and oxygen atoms in total. The second kappa shape index (κ2) is 5.13. The molecule has 2 heterocycles. The lowest BCUT2D eigenvalue weighted by Crippen LogP contribution is -2.04. The number of nitrogens with zero attached hydrogens (tertiary/aromatic N) is 4. The van der Waals surface area contributed by atoms with Crippen molar-refractivity contribution in [3.8, 4) is 17.5 Å². The van der Waals surface area contributed by atoms with Crippen molar-refractivity contribution in [3.63, 3.8) is 0 Å². The van der Waals surface area contributed by atoms with E-state index in [9.17, 15) is 13.2 Å². The van der Waals surface area contributed by atoms with Crippen molar-refractivity contribution in [1.82, 2.24) is 20.3 Å². The molecule has 3 rings (SSSR count). The fraction of sp³-hybridized carbons (Fsp3) is 0.167. The summed E-state index contributed by atoms with van der Waals surface area (Å²) in [6, 6.07) is 4.11. The van der Waals surface area contributed by atoms with Crippen LogP contribution in [0.4, 0.5) is 13.2 Å². The van der Waals surface area contributed by atoms with Crippen LogP contribution in [0.15, 0.2) is 28.9 Å². The fourth-order valence-corrected chi connectivity index (χ4v) is 1.63. The van der Waals surface area contributed by atoms with Gasteiger partial charge in [-0.2, -0.15) is 23.1 Å². The minimum absolute atomic E-state index is 0.00287. The first kappa shape index (κ1) is 14.0. The van der Waals surface area contributed by atoms with Crippen LogP contribution in [0, 0.1) is 0 Å². The molecule has 2 aromatic heterocycles. The Labute approximate surface area is 120 Å². The molecule has 0 unspecified atom stereocenters. The molecule has 114 valence electrons. The molecule has 0 N–H and O–H groups in total. The third-order valence-corrected chi connectivity index (χ3v) is 2.64. The Kier molecular flexibility index (Phi) is 3.28. The van der Waals surface area contributed by atoms with E-state index in [1.165, 1.54) is 7.11 Å². The van der Waals surface area contributed by atoms with Crippen molar-refractivity contribution in [2.45, 2.75) is 6.18 Å². The second-order valence-electron chi connectivity index (χ2n) is 4.07. The molecular formula is C12H7F3N4O3. The molecule has 0 aliphatic carbocycles. The number of hydrogen-bond donors (Lipinski definition) is 0. The summed E-state index contributed by atoms with van der Waals surface area (Å²) in [4.78, 5) is 7.92. The Bertz CT molecular complexity index is 801. The highest BCUT2D eigenvalue weighted by atomic mass is 19.4. The molecule has 0 aliphatic rings. The van der Waals surface area contributed by atoms with E-state index >= 15 is 0 Å². The predicted octanol–water partition coefficient (Wildman–Crippen LogP) is 2.83. The lowest BCUT2D eigenvalue weighted by atomic mass is 10.2. The lowest BCUT2D eigenvalue weighted by molar-refractivity contribution is -0.137. The van der Waals surface area contributed by atoms with Gasteiger partial charge >= 0.3 is 6.18 Å². The van der Waals surface area contributed by atoms with Gasteiger partial charge < -0.3 is 9.47 Å². The van der Waals surface area contributed by atoms with Crippen LogP contribution in [0.5, 0.6) is 17.5 Å². The van der Waals surface area contributed by atoms with Crippen LogP contribution in [0.25, 0.3) is 11.3 Å². The molecule has 0 aliphatic heterocycles. The van der Waals surface area contributed by atoms with Gasteiger partial charge in [0, 0.05) is 0 Å². The van der Waals surface area contributed by atoms with Crippen molar-refractivity contribution in [1.29, 1.82) is 0 Å². The van der Waals surface area contributed by atoms with Gasteiger partial charge in [0.2, 0.25) is 11.3 Å². The standard InChI is InChI=1S/C12H7F3N4O3/c1-20-10-11(17-9-8(16-10)18-22-19-9)21-7-4-2-6(3-5-7)12(13,14)15/h2-5H,1H3. The summed E-state index contributed by atoms with van der Waals surface area (Å²) in [7, 11) is 1.34. The number of fused-ring (bicyclic) bond motifs is 1. The van der Waals surface area contributed by atoms with E-state index in [1.54, 1.807) is 0 Å². The van der Waals surface area contributed by atoms with Gasteiger partial charge in [-0.05, 0) is 34.6 Å².